The minimum Gasteiger partial charge on any atom is -0.462 e. The van der Waals surface area contributed by atoms with Crippen LogP contribution in [-0.4, -0.2) is 55.5 Å². The van der Waals surface area contributed by atoms with Crippen molar-refractivity contribution in [3.8, 4) is 0 Å². The monoisotopic (exact) mass is 415 g/mol. The van der Waals surface area contributed by atoms with E-state index >= 15 is 0 Å². The first kappa shape index (κ1) is 20.7. The van der Waals surface area contributed by atoms with Gasteiger partial charge in [-0.25, -0.2) is 4.79 Å². The van der Waals surface area contributed by atoms with Crippen molar-refractivity contribution in [3.05, 3.63) is 59.1 Å². The van der Waals surface area contributed by atoms with Gasteiger partial charge >= 0.3 is 17.8 Å². The highest BCUT2D eigenvalue weighted by Gasteiger charge is 2.27. The second-order valence-corrected chi connectivity index (χ2v) is 6.92. The normalized spacial score (nSPS) is 13.7. The van der Waals surface area contributed by atoms with Crippen LogP contribution in [0.5, 0.6) is 0 Å². The van der Waals surface area contributed by atoms with Gasteiger partial charge in [-0.05, 0) is 37.3 Å². The van der Waals surface area contributed by atoms with Crippen molar-refractivity contribution >= 4 is 40.8 Å². The number of nitrogens with one attached hydrogen (secondary N) is 1. The van der Waals surface area contributed by atoms with Crippen molar-refractivity contribution in [1.82, 2.24) is 4.90 Å². The summed E-state index contributed by atoms with van der Waals surface area (Å²) in [5, 5.41) is 3.19. The molecule has 7 nitrogen and oxygen atoms in total. The summed E-state index contributed by atoms with van der Waals surface area (Å²) in [6.45, 7) is 3.94. The zero-order valence-corrected chi connectivity index (χ0v) is 16.8. The topological polar surface area (TPSA) is 78.9 Å². The summed E-state index contributed by atoms with van der Waals surface area (Å²) in [6, 6.07) is 14.0. The average Bonchev–Trinajstić information content (AvgIpc) is 2.74. The van der Waals surface area contributed by atoms with Gasteiger partial charge in [0.25, 0.3) is 0 Å². The van der Waals surface area contributed by atoms with E-state index in [1.54, 1.807) is 31.2 Å². The van der Waals surface area contributed by atoms with Crippen molar-refractivity contribution < 1.29 is 19.1 Å². The molecule has 0 bridgehead atoms. The first-order valence-electron chi connectivity index (χ1n) is 9.36. The van der Waals surface area contributed by atoms with Crippen LogP contribution >= 0.6 is 11.6 Å². The number of amides is 2. The Morgan fingerprint density at radius 3 is 2.45 bits per heavy atom. The lowest BCUT2D eigenvalue weighted by Crippen LogP contribution is -2.51. The van der Waals surface area contributed by atoms with E-state index in [4.69, 9.17) is 16.3 Å². The summed E-state index contributed by atoms with van der Waals surface area (Å²) in [5.74, 6) is -1.96. The van der Waals surface area contributed by atoms with Crippen LogP contribution in [0.3, 0.4) is 0 Å². The van der Waals surface area contributed by atoms with Crippen molar-refractivity contribution in [1.29, 1.82) is 0 Å². The standard InChI is InChI=1S/C21H22ClN3O4/c1-2-29-21(28)17-8-3-4-9-18(17)23-19(26)20(27)25-12-10-24(11-13-25)16-7-5-6-15(22)14-16/h3-9,14H,2,10-13H2,1H3,(H,23,26). The van der Waals surface area contributed by atoms with Gasteiger partial charge in [0.2, 0.25) is 0 Å². The molecule has 1 aliphatic heterocycles. The fourth-order valence-electron chi connectivity index (χ4n) is 3.14. The van der Waals surface area contributed by atoms with E-state index in [2.05, 4.69) is 10.2 Å². The summed E-state index contributed by atoms with van der Waals surface area (Å²) in [4.78, 5) is 40.7. The maximum atomic E-state index is 12.6. The fraction of sp³-hybridized carbons (Fsp3) is 0.286. The summed E-state index contributed by atoms with van der Waals surface area (Å²) in [6.07, 6.45) is 0. The van der Waals surface area contributed by atoms with Gasteiger partial charge in [0, 0.05) is 36.9 Å². The Labute approximate surface area is 174 Å². The molecule has 2 aromatic rings. The first-order chi connectivity index (χ1) is 14.0. The summed E-state index contributed by atoms with van der Waals surface area (Å²) in [5.41, 5.74) is 1.44. The number of ether oxygens (including phenoxy) is 1. The Kier molecular flexibility index (Phi) is 6.72. The van der Waals surface area contributed by atoms with E-state index in [-0.39, 0.29) is 17.9 Å². The molecular weight excluding hydrogens is 394 g/mol. The number of esters is 1. The van der Waals surface area contributed by atoms with Crippen LogP contribution in [0.15, 0.2) is 48.5 Å². The van der Waals surface area contributed by atoms with E-state index < -0.39 is 17.8 Å². The Hall–Kier alpha value is -3.06. The number of piperazine rings is 1. The van der Waals surface area contributed by atoms with Crippen molar-refractivity contribution in [2.24, 2.45) is 0 Å². The maximum Gasteiger partial charge on any atom is 0.340 e. The quantitative estimate of drug-likeness (QED) is 0.613. The third kappa shape index (κ3) is 5.06. The molecule has 0 atom stereocenters. The zero-order valence-electron chi connectivity index (χ0n) is 16.1. The van der Waals surface area contributed by atoms with Gasteiger partial charge in [0.05, 0.1) is 17.9 Å². The summed E-state index contributed by atoms with van der Waals surface area (Å²) >= 11 is 6.04. The minimum absolute atomic E-state index is 0.210. The van der Waals surface area contributed by atoms with E-state index in [1.807, 2.05) is 24.3 Å². The third-order valence-corrected chi connectivity index (χ3v) is 4.84. The molecule has 1 aliphatic rings. The van der Waals surface area contributed by atoms with Gasteiger partial charge in [0.15, 0.2) is 0 Å². The van der Waals surface area contributed by atoms with E-state index in [0.717, 1.165) is 5.69 Å². The zero-order chi connectivity index (χ0) is 20.8. The smallest absolute Gasteiger partial charge is 0.340 e. The number of hydrogen-bond acceptors (Lipinski definition) is 5. The fourth-order valence-corrected chi connectivity index (χ4v) is 3.32. The number of para-hydroxylation sites is 1. The molecule has 0 unspecified atom stereocenters. The molecule has 1 saturated heterocycles. The maximum absolute atomic E-state index is 12.6. The van der Waals surface area contributed by atoms with Crippen molar-refractivity contribution in [3.63, 3.8) is 0 Å². The Bertz CT molecular complexity index is 910. The largest absolute Gasteiger partial charge is 0.462 e. The molecule has 2 aromatic carbocycles. The van der Waals surface area contributed by atoms with Gasteiger partial charge in [-0.3, -0.25) is 9.59 Å². The van der Waals surface area contributed by atoms with E-state index in [1.165, 1.54) is 4.90 Å². The van der Waals surface area contributed by atoms with Crippen LogP contribution in [0.4, 0.5) is 11.4 Å². The highest BCUT2D eigenvalue weighted by Crippen LogP contribution is 2.21. The second-order valence-electron chi connectivity index (χ2n) is 6.48. The number of halogens is 1. The molecule has 8 heteroatoms. The van der Waals surface area contributed by atoms with Crippen molar-refractivity contribution in [2.45, 2.75) is 6.92 Å². The van der Waals surface area contributed by atoms with E-state index in [9.17, 15) is 14.4 Å². The number of carbonyl (C=O) groups excluding carboxylic acids is 3. The molecule has 0 saturated carbocycles. The van der Waals surface area contributed by atoms with Crippen LogP contribution in [0.1, 0.15) is 17.3 Å². The molecule has 0 spiro atoms. The van der Waals surface area contributed by atoms with Crippen LogP contribution < -0.4 is 10.2 Å². The summed E-state index contributed by atoms with van der Waals surface area (Å²) in [7, 11) is 0. The lowest BCUT2D eigenvalue weighted by atomic mass is 10.1. The molecule has 1 N–H and O–H groups in total. The van der Waals surface area contributed by atoms with Gasteiger partial charge in [0.1, 0.15) is 0 Å². The molecule has 1 fully saturated rings. The number of benzene rings is 2. The summed E-state index contributed by atoms with van der Waals surface area (Å²) < 4.78 is 4.99. The van der Waals surface area contributed by atoms with Crippen LogP contribution in [0.25, 0.3) is 0 Å². The average molecular weight is 416 g/mol. The number of rotatable bonds is 4. The molecule has 0 radical (unpaired) electrons. The first-order valence-corrected chi connectivity index (χ1v) is 9.74. The molecule has 29 heavy (non-hydrogen) atoms. The molecule has 152 valence electrons. The van der Waals surface area contributed by atoms with Gasteiger partial charge in [-0.1, -0.05) is 29.8 Å². The van der Waals surface area contributed by atoms with Gasteiger partial charge < -0.3 is 19.9 Å². The van der Waals surface area contributed by atoms with Crippen LogP contribution in [0, 0.1) is 0 Å². The predicted molar refractivity (Wildman–Crippen MR) is 111 cm³/mol. The predicted octanol–water partition coefficient (Wildman–Crippen LogP) is 2.80. The van der Waals surface area contributed by atoms with E-state index in [0.29, 0.717) is 31.2 Å². The molecule has 1 heterocycles. The number of carbonyl (C=O) groups is 3. The number of nitrogens with zero attached hydrogens (tertiary/aromatic N) is 2. The lowest BCUT2D eigenvalue weighted by Gasteiger charge is -2.35. The highest BCUT2D eigenvalue weighted by molar-refractivity contribution is 6.39. The highest BCUT2D eigenvalue weighted by atomic mass is 35.5. The third-order valence-electron chi connectivity index (χ3n) is 4.61. The van der Waals surface area contributed by atoms with Gasteiger partial charge in [-0.15, -0.1) is 0 Å². The Morgan fingerprint density at radius 2 is 1.76 bits per heavy atom. The number of anilines is 2. The molecular formula is C21H22ClN3O4. The Balaban J connectivity index is 1.61. The lowest BCUT2D eigenvalue weighted by molar-refractivity contribution is -0.143. The molecule has 0 aromatic heterocycles. The Morgan fingerprint density at radius 1 is 1.03 bits per heavy atom. The van der Waals surface area contributed by atoms with Gasteiger partial charge in [-0.2, -0.15) is 0 Å². The van der Waals surface area contributed by atoms with Crippen molar-refractivity contribution in [2.75, 3.05) is 43.0 Å². The van der Waals surface area contributed by atoms with Crippen LogP contribution in [0.2, 0.25) is 5.02 Å². The number of hydrogen-bond donors (Lipinski definition) is 1. The minimum atomic E-state index is -0.780. The molecule has 2 amide bonds. The van der Waals surface area contributed by atoms with Crippen LogP contribution in [-0.2, 0) is 14.3 Å². The second kappa shape index (κ2) is 9.43. The SMILES string of the molecule is CCOC(=O)c1ccccc1NC(=O)C(=O)N1CCN(c2cccc(Cl)c2)CC1. The molecule has 0 aliphatic carbocycles. The molecule has 3 rings (SSSR count).